The Morgan fingerprint density at radius 1 is 0.900 bits per heavy atom. The van der Waals surface area contributed by atoms with Crippen molar-refractivity contribution >= 4 is 24.6 Å². The number of amides is 1. The third-order valence-corrected chi connectivity index (χ3v) is 10.2. The predicted molar refractivity (Wildman–Crippen MR) is 122 cm³/mol. The first-order chi connectivity index (χ1) is 14.4. The highest BCUT2D eigenvalue weighted by atomic mass is 28.4. The Labute approximate surface area is 178 Å². The number of rotatable bonds is 6. The van der Waals surface area contributed by atoms with Gasteiger partial charge in [-0.05, 0) is 31.6 Å². The minimum absolute atomic E-state index is 0.104. The largest absolute Gasteiger partial charge is 0.403 e. The molecule has 0 aliphatic rings. The molecule has 0 unspecified atom stereocenters. The van der Waals surface area contributed by atoms with Crippen LogP contribution in [0.25, 0.3) is 10.4 Å². The summed E-state index contributed by atoms with van der Waals surface area (Å²) < 4.78 is 6.87. The second kappa shape index (κ2) is 9.09. The summed E-state index contributed by atoms with van der Waals surface area (Å²) in [5, 5.41) is 5.48. The van der Waals surface area contributed by atoms with Crippen LogP contribution in [0.4, 0.5) is 0 Å². The van der Waals surface area contributed by atoms with Crippen molar-refractivity contribution in [2.45, 2.75) is 32.4 Å². The van der Waals surface area contributed by atoms with E-state index < -0.39 is 14.2 Å². The van der Waals surface area contributed by atoms with Crippen LogP contribution in [0.2, 0.25) is 5.04 Å². The molecular formula is C24H25N3O2Si. The maximum absolute atomic E-state index is 11.7. The molecule has 3 aromatic carbocycles. The normalized spacial score (nSPS) is 11.6. The van der Waals surface area contributed by atoms with Gasteiger partial charge in [0.2, 0.25) is 5.91 Å². The van der Waals surface area contributed by atoms with E-state index in [4.69, 9.17) is 9.96 Å². The first-order valence-electron chi connectivity index (χ1n) is 9.82. The summed E-state index contributed by atoms with van der Waals surface area (Å²) in [5.41, 5.74) is 9.76. The molecule has 0 saturated carbocycles. The van der Waals surface area contributed by atoms with E-state index in [9.17, 15) is 4.79 Å². The summed E-state index contributed by atoms with van der Waals surface area (Å²) in [6, 6.07) is 28.0. The molecule has 0 spiro atoms. The lowest BCUT2D eigenvalue weighted by Gasteiger charge is -2.43. The van der Waals surface area contributed by atoms with Gasteiger partial charge >= 0.3 is 0 Å². The van der Waals surface area contributed by atoms with Crippen LogP contribution < -0.4 is 10.4 Å². The summed E-state index contributed by atoms with van der Waals surface area (Å²) >= 11 is 0. The monoisotopic (exact) mass is 415 g/mol. The van der Waals surface area contributed by atoms with Gasteiger partial charge in [0.25, 0.3) is 8.32 Å². The lowest BCUT2D eigenvalue weighted by molar-refractivity contribution is 0.100. The van der Waals surface area contributed by atoms with Gasteiger partial charge in [-0.25, -0.2) is 0 Å². The average molecular weight is 416 g/mol. The number of azide groups is 1. The fraction of sp³-hybridized carbons (Fsp3) is 0.208. The van der Waals surface area contributed by atoms with E-state index >= 15 is 0 Å². The topological polar surface area (TPSA) is 75.1 Å². The highest BCUT2D eigenvalue weighted by molar-refractivity contribution is 6.99. The van der Waals surface area contributed by atoms with Gasteiger partial charge in [0.1, 0.15) is 0 Å². The van der Waals surface area contributed by atoms with Crippen LogP contribution in [0.3, 0.4) is 0 Å². The van der Waals surface area contributed by atoms with Crippen LogP contribution in [0, 0.1) is 0 Å². The zero-order valence-electron chi connectivity index (χ0n) is 17.4. The molecule has 0 bridgehead atoms. The minimum atomic E-state index is -2.61. The lowest BCUT2D eigenvalue weighted by Crippen LogP contribution is -2.66. The molecule has 0 fully saturated rings. The van der Waals surface area contributed by atoms with E-state index in [1.165, 1.54) is 10.4 Å². The molecular weight excluding hydrogens is 390 g/mol. The number of benzene rings is 3. The van der Waals surface area contributed by atoms with E-state index in [-0.39, 0.29) is 5.04 Å². The Bertz CT molecular complexity index is 1000. The maximum atomic E-state index is 11.7. The fourth-order valence-corrected chi connectivity index (χ4v) is 8.33. The Hall–Kier alpha value is -3.18. The Morgan fingerprint density at radius 3 is 1.83 bits per heavy atom. The second-order valence-corrected chi connectivity index (χ2v) is 12.4. The van der Waals surface area contributed by atoms with Crippen molar-refractivity contribution in [2.24, 2.45) is 5.11 Å². The van der Waals surface area contributed by atoms with E-state index in [2.05, 4.69) is 79.3 Å². The van der Waals surface area contributed by atoms with Crippen LogP contribution in [-0.4, -0.2) is 14.2 Å². The molecule has 0 N–H and O–H groups in total. The Kier molecular flexibility index (Phi) is 6.52. The highest BCUT2D eigenvalue weighted by Crippen LogP contribution is 2.37. The van der Waals surface area contributed by atoms with Crippen LogP contribution in [-0.2, 0) is 11.0 Å². The molecule has 0 saturated heterocycles. The van der Waals surface area contributed by atoms with E-state index in [1.807, 2.05) is 24.3 Å². The molecule has 3 rings (SSSR count). The maximum Gasteiger partial charge on any atom is 0.261 e. The molecule has 3 aromatic rings. The molecule has 30 heavy (non-hydrogen) atoms. The Balaban J connectivity index is 2.00. The minimum Gasteiger partial charge on any atom is -0.403 e. The number of nitrogens with zero attached hydrogens (tertiary/aromatic N) is 3. The zero-order valence-corrected chi connectivity index (χ0v) is 18.4. The van der Waals surface area contributed by atoms with Gasteiger partial charge in [-0.1, -0.05) is 106 Å². The van der Waals surface area contributed by atoms with E-state index in [0.717, 1.165) is 5.56 Å². The van der Waals surface area contributed by atoms with Gasteiger partial charge in [0, 0.05) is 10.5 Å². The lowest BCUT2D eigenvalue weighted by atomic mass is 10.1. The molecule has 5 nitrogen and oxygen atoms in total. The number of hydrogen-bond acceptors (Lipinski definition) is 2. The summed E-state index contributed by atoms with van der Waals surface area (Å²) in [5.74, 6) is -0.586. The summed E-state index contributed by atoms with van der Waals surface area (Å²) in [7, 11) is -2.61. The third kappa shape index (κ3) is 4.36. The van der Waals surface area contributed by atoms with E-state index in [1.54, 1.807) is 12.1 Å². The van der Waals surface area contributed by atoms with Gasteiger partial charge in [-0.2, -0.15) is 0 Å². The first kappa shape index (κ1) is 21.5. The number of hydrogen-bond donors (Lipinski definition) is 0. The van der Waals surface area contributed by atoms with Crippen LogP contribution in [0.1, 0.15) is 36.7 Å². The average Bonchev–Trinajstić information content (AvgIpc) is 2.75. The predicted octanol–water partition coefficient (Wildman–Crippen LogP) is 5.21. The second-order valence-electron chi connectivity index (χ2n) is 8.14. The van der Waals surface area contributed by atoms with Crippen LogP contribution >= 0.6 is 0 Å². The van der Waals surface area contributed by atoms with Crippen molar-refractivity contribution in [2.75, 3.05) is 0 Å². The molecule has 6 heteroatoms. The molecule has 0 aliphatic heterocycles. The summed E-state index contributed by atoms with van der Waals surface area (Å²) in [4.78, 5) is 14.3. The van der Waals surface area contributed by atoms with Crippen molar-refractivity contribution in [3.05, 3.63) is 106 Å². The van der Waals surface area contributed by atoms with Gasteiger partial charge in [0.05, 0.1) is 6.61 Å². The summed E-state index contributed by atoms with van der Waals surface area (Å²) in [6.07, 6.45) is 0. The smallest absolute Gasteiger partial charge is 0.261 e. The number of carbonyl (C=O) groups excluding carboxylic acids is 1. The zero-order chi connectivity index (χ0) is 21.6. The van der Waals surface area contributed by atoms with Crippen LogP contribution in [0.15, 0.2) is 90.0 Å². The Morgan fingerprint density at radius 2 is 1.40 bits per heavy atom. The molecule has 0 aliphatic carbocycles. The fourth-order valence-electron chi connectivity index (χ4n) is 3.80. The van der Waals surface area contributed by atoms with Crippen molar-refractivity contribution in [3.8, 4) is 0 Å². The van der Waals surface area contributed by atoms with Gasteiger partial charge < -0.3 is 4.43 Å². The molecule has 0 heterocycles. The summed E-state index contributed by atoms with van der Waals surface area (Å²) in [6.45, 7) is 7.13. The van der Waals surface area contributed by atoms with Gasteiger partial charge in [-0.15, -0.1) is 0 Å². The van der Waals surface area contributed by atoms with Crippen molar-refractivity contribution in [1.29, 1.82) is 0 Å². The standard InChI is InChI=1S/C24H25N3O2Si/c1-24(2,3)30(21-10-6-4-7-11-21,22-12-8-5-9-13-22)29-18-19-14-16-20(17-15-19)23(28)26-27-25/h4-17H,18H2,1-3H3. The van der Waals surface area contributed by atoms with Gasteiger partial charge in [-0.3, -0.25) is 4.79 Å². The molecule has 152 valence electrons. The van der Waals surface area contributed by atoms with Gasteiger partial charge in [0.15, 0.2) is 0 Å². The van der Waals surface area contributed by atoms with Crippen molar-refractivity contribution < 1.29 is 9.22 Å². The molecule has 0 aromatic heterocycles. The van der Waals surface area contributed by atoms with Crippen LogP contribution in [0.5, 0.6) is 0 Å². The highest BCUT2D eigenvalue weighted by Gasteiger charge is 2.50. The SMILES string of the molecule is CC(C)(C)[Si](OCc1ccc(C(=O)N=[N+]=[N-])cc1)(c1ccccc1)c1ccccc1. The van der Waals surface area contributed by atoms with Crippen molar-refractivity contribution in [3.63, 3.8) is 0 Å². The third-order valence-electron chi connectivity index (χ3n) is 5.21. The molecule has 1 amide bonds. The first-order valence-corrected chi connectivity index (χ1v) is 11.7. The molecule has 0 atom stereocenters. The quantitative estimate of drug-likeness (QED) is 0.240. The van der Waals surface area contributed by atoms with Crippen molar-refractivity contribution in [1.82, 2.24) is 0 Å². The molecule has 0 radical (unpaired) electrons. The van der Waals surface area contributed by atoms with E-state index in [0.29, 0.717) is 12.2 Å². The number of carbonyl (C=O) groups is 1.